The summed E-state index contributed by atoms with van der Waals surface area (Å²) in [5.41, 5.74) is 0. The number of hydrogen-bond donors (Lipinski definition) is 2. The van der Waals surface area contributed by atoms with Crippen molar-refractivity contribution in [3.63, 3.8) is 0 Å². The Balaban J connectivity index is 1.93. The third-order valence-corrected chi connectivity index (χ3v) is 5.44. The molecule has 1 heterocycles. The number of nitrogens with one attached hydrogen (secondary N) is 2. The van der Waals surface area contributed by atoms with E-state index >= 15 is 0 Å². The average Bonchev–Trinajstić information content (AvgIpc) is 3.09. The van der Waals surface area contributed by atoms with Crippen molar-refractivity contribution in [3.8, 4) is 0 Å². The summed E-state index contributed by atoms with van der Waals surface area (Å²) in [5, 5.41) is 2.92. The molecule has 0 unspecified atom stereocenters. The quantitative estimate of drug-likeness (QED) is 0.705. The predicted molar refractivity (Wildman–Crippen MR) is 76.3 cm³/mol. The van der Waals surface area contributed by atoms with Crippen molar-refractivity contribution < 1.29 is 12.8 Å². The van der Waals surface area contributed by atoms with Crippen LogP contribution in [-0.4, -0.2) is 22.0 Å². The van der Waals surface area contributed by atoms with Crippen molar-refractivity contribution in [2.24, 2.45) is 5.92 Å². The van der Waals surface area contributed by atoms with Crippen LogP contribution in [0.2, 0.25) is 0 Å². The van der Waals surface area contributed by atoms with Crippen molar-refractivity contribution in [2.75, 3.05) is 13.6 Å². The second kappa shape index (κ2) is 6.39. The number of rotatable bonds is 8. The van der Waals surface area contributed by atoms with Crippen LogP contribution in [0.3, 0.4) is 0 Å². The molecule has 2 rings (SSSR count). The van der Waals surface area contributed by atoms with Crippen LogP contribution in [0.25, 0.3) is 0 Å². The van der Waals surface area contributed by atoms with E-state index in [0.29, 0.717) is 18.8 Å². The largest absolute Gasteiger partial charge is 0.452 e. The van der Waals surface area contributed by atoms with E-state index < -0.39 is 10.0 Å². The highest BCUT2D eigenvalue weighted by atomic mass is 79.9. The molecule has 1 fully saturated rings. The summed E-state index contributed by atoms with van der Waals surface area (Å²) < 4.78 is 32.4. The molecule has 0 bridgehead atoms. The molecule has 2 N–H and O–H groups in total. The van der Waals surface area contributed by atoms with Crippen LogP contribution < -0.4 is 10.0 Å². The van der Waals surface area contributed by atoms with Gasteiger partial charge >= 0.3 is 0 Å². The van der Waals surface area contributed by atoms with Gasteiger partial charge in [-0.15, -0.1) is 0 Å². The summed E-state index contributed by atoms with van der Waals surface area (Å²) in [6, 6.07) is 1.55. The molecule has 5 nitrogen and oxygen atoms in total. The zero-order chi connectivity index (χ0) is 13.9. The Hall–Kier alpha value is -0.370. The molecular formula is C12H19BrN2O3S. The highest BCUT2D eigenvalue weighted by molar-refractivity contribution is 9.10. The minimum Gasteiger partial charge on any atom is -0.452 e. The lowest BCUT2D eigenvalue weighted by Gasteiger charge is -2.04. The molecule has 19 heavy (non-hydrogen) atoms. The fourth-order valence-corrected chi connectivity index (χ4v) is 3.99. The number of hydrogen-bond acceptors (Lipinski definition) is 4. The van der Waals surface area contributed by atoms with Crippen LogP contribution >= 0.6 is 15.9 Å². The first-order valence-electron chi connectivity index (χ1n) is 6.45. The zero-order valence-electron chi connectivity index (χ0n) is 10.9. The maximum absolute atomic E-state index is 12.1. The molecule has 1 saturated carbocycles. The topological polar surface area (TPSA) is 71.3 Å². The normalized spacial score (nSPS) is 15.9. The summed E-state index contributed by atoms with van der Waals surface area (Å²) in [7, 11) is -1.71. The minimum atomic E-state index is -3.48. The van der Waals surface area contributed by atoms with Gasteiger partial charge in [0.05, 0.1) is 6.54 Å². The van der Waals surface area contributed by atoms with Crippen LogP contribution in [0.5, 0.6) is 0 Å². The summed E-state index contributed by atoms with van der Waals surface area (Å²) in [6.07, 6.45) is 4.60. The molecule has 1 aromatic heterocycles. The lowest BCUT2D eigenvalue weighted by atomic mass is 10.2. The van der Waals surface area contributed by atoms with E-state index in [-0.39, 0.29) is 9.56 Å². The molecule has 0 radical (unpaired) electrons. The number of furan rings is 1. The molecule has 0 saturated heterocycles. The maximum atomic E-state index is 12.1. The summed E-state index contributed by atoms with van der Waals surface area (Å²) >= 11 is 3.15. The van der Waals surface area contributed by atoms with Crippen molar-refractivity contribution >= 4 is 26.0 Å². The van der Waals surface area contributed by atoms with Gasteiger partial charge in [-0.1, -0.05) is 12.8 Å². The van der Waals surface area contributed by atoms with E-state index in [2.05, 4.69) is 26.0 Å². The van der Waals surface area contributed by atoms with E-state index in [9.17, 15) is 8.42 Å². The molecular weight excluding hydrogens is 332 g/mol. The highest BCUT2D eigenvalue weighted by Gasteiger charge is 2.23. The van der Waals surface area contributed by atoms with E-state index in [0.717, 1.165) is 18.8 Å². The lowest BCUT2D eigenvalue weighted by molar-refractivity contribution is 0.470. The van der Waals surface area contributed by atoms with E-state index in [4.69, 9.17) is 4.42 Å². The fraction of sp³-hybridized carbons (Fsp3) is 0.667. The molecule has 7 heteroatoms. The summed E-state index contributed by atoms with van der Waals surface area (Å²) in [6.45, 7) is 0.980. The Labute approximate surface area is 122 Å². The SMILES string of the molecule is CNCc1cc(S(=O)(=O)NCCCC2CC2)c(Br)o1. The van der Waals surface area contributed by atoms with Gasteiger partial charge in [-0.25, -0.2) is 13.1 Å². The zero-order valence-corrected chi connectivity index (χ0v) is 13.3. The molecule has 0 aliphatic heterocycles. The first kappa shape index (κ1) is 15.0. The number of halogens is 1. The summed E-state index contributed by atoms with van der Waals surface area (Å²) in [5.74, 6) is 1.42. The molecule has 0 aromatic carbocycles. The Morgan fingerprint density at radius 1 is 1.47 bits per heavy atom. The Bertz CT molecular complexity index is 523. The third kappa shape index (κ3) is 4.30. The molecule has 0 spiro atoms. The molecule has 0 amide bonds. The lowest BCUT2D eigenvalue weighted by Crippen LogP contribution is -2.24. The monoisotopic (exact) mass is 350 g/mol. The van der Waals surface area contributed by atoms with Gasteiger partial charge in [0.25, 0.3) is 0 Å². The van der Waals surface area contributed by atoms with Gasteiger partial charge < -0.3 is 9.73 Å². The Morgan fingerprint density at radius 3 is 2.84 bits per heavy atom. The van der Waals surface area contributed by atoms with Crippen LogP contribution in [0.15, 0.2) is 20.0 Å². The van der Waals surface area contributed by atoms with Gasteiger partial charge in [-0.2, -0.15) is 0 Å². The second-order valence-electron chi connectivity index (χ2n) is 4.86. The van der Waals surface area contributed by atoms with Crippen molar-refractivity contribution in [2.45, 2.75) is 37.1 Å². The Morgan fingerprint density at radius 2 is 2.21 bits per heavy atom. The molecule has 1 aliphatic rings. The van der Waals surface area contributed by atoms with Gasteiger partial charge in [-0.3, -0.25) is 0 Å². The van der Waals surface area contributed by atoms with Gasteiger partial charge in [0.1, 0.15) is 10.7 Å². The molecule has 0 atom stereocenters. The van der Waals surface area contributed by atoms with Gasteiger partial charge in [-0.05, 0) is 41.7 Å². The van der Waals surface area contributed by atoms with E-state index in [1.165, 1.54) is 12.8 Å². The van der Waals surface area contributed by atoms with Crippen LogP contribution in [0.4, 0.5) is 0 Å². The average molecular weight is 351 g/mol. The smallest absolute Gasteiger partial charge is 0.244 e. The fourth-order valence-electron chi connectivity index (χ4n) is 1.92. The first-order chi connectivity index (χ1) is 9.03. The van der Waals surface area contributed by atoms with Gasteiger partial charge in [0, 0.05) is 12.6 Å². The number of sulfonamides is 1. The van der Waals surface area contributed by atoms with Gasteiger partial charge in [0.2, 0.25) is 10.0 Å². The highest BCUT2D eigenvalue weighted by Crippen LogP contribution is 2.33. The molecule has 1 aromatic rings. The third-order valence-electron chi connectivity index (χ3n) is 3.13. The van der Waals surface area contributed by atoms with Crippen molar-refractivity contribution in [3.05, 3.63) is 16.5 Å². The van der Waals surface area contributed by atoms with Crippen molar-refractivity contribution in [1.82, 2.24) is 10.0 Å². The first-order valence-corrected chi connectivity index (χ1v) is 8.73. The van der Waals surface area contributed by atoms with E-state index in [1.54, 1.807) is 13.1 Å². The predicted octanol–water partition coefficient (Wildman–Crippen LogP) is 2.23. The standard InChI is InChI=1S/C12H19BrN2O3S/c1-14-8-10-7-11(12(13)18-10)19(16,17)15-6-2-3-9-4-5-9/h7,9,14-15H,2-6,8H2,1H3. The van der Waals surface area contributed by atoms with Gasteiger partial charge in [0.15, 0.2) is 4.67 Å². The van der Waals surface area contributed by atoms with Crippen LogP contribution in [0.1, 0.15) is 31.4 Å². The summed E-state index contributed by atoms with van der Waals surface area (Å²) in [4.78, 5) is 0.171. The second-order valence-corrected chi connectivity index (χ2v) is 7.32. The van der Waals surface area contributed by atoms with E-state index in [1.807, 2.05) is 0 Å². The molecule has 108 valence electrons. The van der Waals surface area contributed by atoms with Crippen LogP contribution in [0, 0.1) is 5.92 Å². The van der Waals surface area contributed by atoms with Crippen LogP contribution in [-0.2, 0) is 16.6 Å². The minimum absolute atomic E-state index is 0.171. The van der Waals surface area contributed by atoms with Crippen molar-refractivity contribution in [1.29, 1.82) is 0 Å². The Kier molecular flexibility index (Phi) is 5.05. The molecule has 1 aliphatic carbocycles. The maximum Gasteiger partial charge on any atom is 0.244 e.